The smallest absolute Gasteiger partial charge is 0.147 e. The molecule has 90 valence electrons. The first-order valence-electron chi connectivity index (χ1n) is 5.76. The second-order valence-corrected chi connectivity index (χ2v) is 4.28. The van der Waals surface area contributed by atoms with E-state index in [1.807, 2.05) is 12.1 Å². The van der Waals surface area contributed by atoms with Crippen LogP contribution in [0.2, 0.25) is 5.15 Å². The minimum Gasteiger partial charge on any atom is -0.265 e. The lowest BCUT2D eigenvalue weighted by molar-refractivity contribution is 0.884. The standard InChI is InChI=1S/C14H12ClN3/c1-2-3-13-12(10-4-6-17-7-5-10)8-11(9-16)14(15)18-13/h4-8H,2-3H2,1H3. The van der Waals surface area contributed by atoms with Crippen LogP contribution in [-0.2, 0) is 6.42 Å². The summed E-state index contributed by atoms with van der Waals surface area (Å²) in [7, 11) is 0. The van der Waals surface area contributed by atoms with Crippen molar-refractivity contribution in [3.63, 3.8) is 0 Å². The third-order valence-corrected chi connectivity index (χ3v) is 2.94. The molecule has 0 unspecified atom stereocenters. The molecule has 2 aromatic heterocycles. The SMILES string of the molecule is CCCc1nc(Cl)c(C#N)cc1-c1ccncc1. The minimum atomic E-state index is 0.277. The van der Waals surface area contributed by atoms with Gasteiger partial charge in [-0.25, -0.2) is 4.98 Å². The Labute approximate surface area is 111 Å². The van der Waals surface area contributed by atoms with E-state index in [-0.39, 0.29) is 5.15 Å². The number of aromatic nitrogens is 2. The summed E-state index contributed by atoms with van der Waals surface area (Å²) in [4.78, 5) is 8.33. The van der Waals surface area contributed by atoms with Crippen LogP contribution in [0.25, 0.3) is 11.1 Å². The zero-order valence-corrected chi connectivity index (χ0v) is 10.8. The van der Waals surface area contributed by atoms with E-state index in [4.69, 9.17) is 16.9 Å². The van der Waals surface area contributed by atoms with Gasteiger partial charge in [0.2, 0.25) is 0 Å². The summed E-state index contributed by atoms with van der Waals surface area (Å²) in [5.74, 6) is 0. The highest BCUT2D eigenvalue weighted by Gasteiger charge is 2.11. The van der Waals surface area contributed by atoms with E-state index in [1.165, 1.54) is 0 Å². The molecule has 0 aliphatic heterocycles. The zero-order valence-electron chi connectivity index (χ0n) is 10.0. The van der Waals surface area contributed by atoms with Crippen molar-refractivity contribution in [2.75, 3.05) is 0 Å². The molecule has 0 atom stereocenters. The molecule has 0 aromatic carbocycles. The van der Waals surface area contributed by atoms with Gasteiger partial charge in [0.05, 0.1) is 11.3 Å². The molecular formula is C14H12ClN3. The molecule has 0 N–H and O–H groups in total. The number of nitrogens with zero attached hydrogens (tertiary/aromatic N) is 3. The van der Waals surface area contributed by atoms with E-state index < -0.39 is 0 Å². The molecule has 0 saturated heterocycles. The first kappa shape index (κ1) is 12.5. The number of hydrogen-bond acceptors (Lipinski definition) is 3. The largest absolute Gasteiger partial charge is 0.265 e. The molecular weight excluding hydrogens is 246 g/mol. The predicted octanol–water partition coefficient (Wildman–Crippen LogP) is 3.62. The molecule has 0 aliphatic rings. The van der Waals surface area contributed by atoms with Gasteiger partial charge in [-0.1, -0.05) is 24.9 Å². The highest BCUT2D eigenvalue weighted by Crippen LogP contribution is 2.27. The molecule has 0 spiro atoms. The summed E-state index contributed by atoms with van der Waals surface area (Å²) in [5.41, 5.74) is 3.30. The summed E-state index contributed by atoms with van der Waals surface area (Å²) in [6, 6.07) is 7.68. The van der Waals surface area contributed by atoms with Crippen molar-refractivity contribution in [1.82, 2.24) is 9.97 Å². The number of aryl methyl sites for hydroxylation is 1. The van der Waals surface area contributed by atoms with Gasteiger partial charge in [-0.15, -0.1) is 0 Å². The molecule has 2 aromatic rings. The van der Waals surface area contributed by atoms with Crippen LogP contribution >= 0.6 is 11.6 Å². The average Bonchev–Trinajstić information content (AvgIpc) is 2.40. The number of nitriles is 1. The molecule has 0 bridgehead atoms. The molecule has 0 aliphatic carbocycles. The summed E-state index contributed by atoms with van der Waals surface area (Å²) < 4.78 is 0. The number of halogens is 1. The van der Waals surface area contributed by atoms with Gasteiger partial charge in [-0.3, -0.25) is 4.98 Å². The Bertz CT molecular complexity index is 588. The van der Waals surface area contributed by atoms with Crippen LogP contribution in [0.5, 0.6) is 0 Å². The highest BCUT2D eigenvalue weighted by atomic mass is 35.5. The minimum absolute atomic E-state index is 0.277. The summed E-state index contributed by atoms with van der Waals surface area (Å²) >= 11 is 5.98. The van der Waals surface area contributed by atoms with Crippen LogP contribution in [0.3, 0.4) is 0 Å². The maximum atomic E-state index is 9.02. The van der Waals surface area contributed by atoms with Crippen molar-refractivity contribution in [3.8, 4) is 17.2 Å². The fourth-order valence-electron chi connectivity index (χ4n) is 1.81. The van der Waals surface area contributed by atoms with Crippen LogP contribution < -0.4 is 0 Å². The number of rotatable bonds is 3. The predicted molar refractivity (Wildman–Crippen MR) is 71.2 cm³/mol. The quantitative estimate of drug-likeness (QED) is 0.789. The van der Waals surface area contributed by atoms with Gasteiger partial charge in [-0.05, 0) is 30.2 Å². The first-order chi connectivity index (χ1) is 8.76. The summed E-state index contributed by atoms with van der Waals surface area (Å²) in [5, 5.41) is 9.30. The van der Waals surface area contributed by atoms with E-state index in [1.54, 1.807) is 18.5 Å². The average molecular weight is 258 g/mol. The van der Waals surface area contributed by atoms with Gasteiger partial charge in [0, 0.05) is 18.0 Å². The Balaban J connectivity index is 2.60. The van der Waals surface area contributed by atoms with Crippen molar-refractivity contribution in [3.05, 3.63) is 47.0 Å². The molecule has 3 nitrogen and oxygen atoms in total. The number of hydrogen-bond donors (Lipinski definition) is 0. The highest BCUT2D eigenvalue weighted by molar-refractivity contribution is 6.30. The van der Waals surface area contributed by atoms with Gasteiger partial charge in [0.15, 0.2) is 0 Å². The fourth-order valence-corrected chi connectivity index (χ4v) is 2.01. The molecule has 18 heavy (non-hydrogen) atoms. The van der Waals surface area contributed by atoms with E-state index in [0.717, 1.165) is 29.7 Å². The van der Waals surface area contributed by atoms with Crippen LogP contribution in [-0.4, -0.2) is 9.97 Å². The Morgan fingerprint density at radius 2 is 2.06 bits per heavy atom. The van der Waals surface area contributed by atoms with Gasteiger partial charge in [-0.2, -0.15) is 5.26 Å². The van der Waals surface area contributed by atoms with E-state index in [2.05, 4.69) is 23.0 Å². The van der Waals surface area contributed by atoms with Crippen LogP contribution in [0.1, 0.15) is 24.6 Å². The second kappa shape index (κ2) is 5.61. The van der Waals surface area contributed by atoms with E-state index in [9.17, 15) is 0 Å². The Morgan fingerprint density at radius 3 is 2.67 bits per heavy atom. The van der Waals surface area contributed by atoms with E-state index >= 15 is 0 Å². The van der Waals surface area contributed by atoms with Crippen molar-refractivity contribution >= 4 is 11.6 Å². The third kappa shape index (κ3) is 2.49. The third-order valence-electron chi connectivity index (χ3n) is 2.65. The normalized spacial score (nSPS) is 10.1. The topological polar surface area (TPSA) is 49.6 Å². The van der Waals surface area contributed by atoms with Gasteiger partial charge < -0.3 is 0 Å². The Kier molecular flexibility index (Phi) is 3.91. The summed E-state index contributed by atoms with van der Waals surface area (Å²) in [6.45, 7) is 2.09. The first-order valence-corrected chi connectivity index (χ1v) is 6.14. The molecule has 0 fully saturated rings. The Hall–Kier alpha value is -1.92. The van der Waals surface area contributed by atoms with Gasteiger partial charge >= 0.3 is 0 Å². The molecule has 0 saturated carbocycles. The van der Waals surface area contributed by atoms with Crippen molar-refractivity contribution in [2.24, 2.45) is 0 Å². The summed E-state index contributed by atoms with van der Waals surface area (Å²) in [6.07, 6.45) is 5.27. The number of pyridine rings is 2. The lowest BCUT2D eigenvalue weighted by Crippen LogP contribution is -1.97. The van der Waals surface area contributed by atoms with Gasteiger partial charge in [0.25, 0.3) is 0 Å². The monoisotopic (exact) mass is 257 g/mol. The molecule has 0 radical (unpaired) electrons. The van der Waals surface area contributed by atoms with Crippen LogP contribution in [0.4, 0.5) is 0 Å². The van der Waals surface area contributed by atoms with Crippen molar-refractivity contribution in [1.29, 1.82) is 5.26 Å². The van der Waals surface area contributed by atoms with Crippen LogP contribution in [0, 0.1) is 11.3 Å². The second-order valence-electron chi connectivity index (χ2n) is 3.92. The zero-order chi connectivity index (χ0) is 13.0. The van der Waals surface area contributed by atoms with Crippen molar-refractivity contribution < 1.29 is 0 Å². The molecule has 4 heteroatoms. The molecule has 2 rings (SSSR count). The maximum absolute atomic E-state index is 9.02. The van der Waals surface area contributed by atoms with Gasteiger partial charge in [0.1, 0.15) is 11.2 Å². The van der Waals surface area contributed by atoms with Crippen LogP contribution in [0.15, 0.2) is 30.6 Å². The van der Waals surface area contributed by atoms with E-state index in [0.29, 0.717) is 5.56 Å². The molecule has 2 heterocycles. The lowest BCUT2D eigenvalue weighted by atomic mass is 10.0. The Morgan fingerprint density at radius 1 is 1.33 bits per heavy atom. The van der Waals surface area contributed by atoms with Crippen molar-refractivity contribution in [2.45, 2.75) is 19.8 Å². The molecule has 0 amide bonds. The fraction of sp³-hybridized carbons (Fsp3) is 0.214. The lowest BCUT2D eigenvalue weighted by Gasteiger charge is -2.09. The maximum Gasteiger partial charge on any atom is 0.147 e.